The van der Waals surface area contributed by atoms with Gasteiger partial charge in [-0.05, 0) is 25.1 Å². The van der Waals surface area contributed by atoms with E-state index in [0.717, 1.165) is 10.7 Å². The van der Waals surface area contributed by atoms with Crippen molar-refractivity contribution in [3.05, 3.63) is 45.7 Å². The van der Waals surface area contributed by atoms with E-state index in [1.165, 1.54) is 18.2 Å². The third-order valence-corrected chi connectivity index (χ3v) is 3.87. The third-order valence-electron chi connectivity index (χ3n) is 2.50. The van der Waals surface area contributed by atoms with Crippen molar-refractivity contribution in [1.82, 2.24) is 10.3 Å². The van der Waals surface area contributed by atoms with E-state index in [9.17, 15) is 9.18 Å². The van der Waals surface area contributed by atoms with Gasteiger partial charge in [0.15, 0.2) is 0 Å². The number of rotatable bonds is 4. The van der Waals surface area contributed by atoms with Crippen LogP contribution in [-0.2, 0) is 6.42 Å². The van der Waals surface area contributed by atoms with Crippen LogP contribution in [0.3, 0.4) is 0 Å². The van der Waals surface area contributed by atoms with E-state index in [0.29, 0.717) is 18.5 Å². The smallest absolute Gasteiger partial charge is 0.251 e. The van der Waals surface area contributed by atoms with Crippen molar-refractivity contribution in [1.29, 1.82) is 0 Å². The van der Waals surface area contributed by atoms with E-state index in [1.807, 2.05) is 12.3 Å². The fourth-order valence-electron chi connectivity index (χ4n) is 1.56. The number of thiazole rings is 1. The number of benzene rings is 1. The molecule has 3 nitrogen and oxygen atoms in total. The van der Waals surface area contributed by atoms with Crippen molar-refractivity contribution in [2.75, 3.05) is 6.54 Å². The highest BCUT2D eigenvalue weighted by Gasteiger charge is 2.08. The maximum atomic E-state index is 13.0. The number of amides is 1. The molecule has 1 aromatic heterocycles. The molecule has 1 amide bonds. The van der Waals surface area contributed by atoms with Crippen LogP contribution in [0.25, 0.3) is 0 Å². The lowest BCUT2D eigenvalue weighted by Crippen LogP contribution is -2.25. The molecule has 1 N–H and O–H groups in total. The summed E-state index contributed by atoms with van der Waals surface area (Å²) in [5, 5.41) is 5.74. The minimum absolute atomic E-state index is 0.170. The lowest BCUT2D eigenvalue weighted by atomic mass is 10.2. The maximum absolute atomic E-state index is 13.0. The first-order valence-corrected chi connectivity index (χ1v) is 7.06. The Morgan fingerprint density at radius 3 is 2.95 bits per heavy atom. The minimum atomic E-state index is -0.432. The molecule has 0 radical (unpaired) electrons. The molecule has 0 atom stereocenters. The number of aromatic nitrogens is 1. The number of carbonyl (C=O) groups excluding carboxylic acids is 1. The predicted molar refractivity (Wildman–Crippen MR) is 76.5 cm³/mol. The van der Waals surface area contributed by atoms with Crippen LogP contribution in [-0.4, -0.2) is 17.4 Å². The number of hydrogen-bond acceptors (Lipinski definition) is 4. The second kappa shape index (κ2) is 6.16. The van der Waals surface area contributed by atoms with Crippen molar-refractivity contribution in [3.63, 3.8) is 0 Å². The zero-order chi connectivity index (χ0) is 13.8. The zero-order valence-corrected chi connectivity index (χ0v) is 12.0. The summed E-state index contributed by atoms with van der Waals surface area (Å²) in [6.07, 6.45) is 0.694. The normalized spacial score (nSPS) is 10.5. The van der Waals surface area contributed by atoms with Crippen LogP contribution in [0.1, 0.15) is 21.1 Å². The van der Waals surface area contributed by atoms with E-state index < -0.39 is 5.82 Å². The quantitative estimate of drug-likeness (QED) is 0.852. The second-order valence-electron chi connectivity index (χ2n) is 4.05. The van der Waals surface area contributed by atoms with Gasteiger partial charge in [0.1, 0.15) is 5.82 Å². The van der Waals surface area contributed by atoms with Crippen LogP contribution in [0, 0.1) is 12.7 Å². The summed E-state index contributed by atoms with van der Waals surface area (Å²) in [6, 6.07) is 4.10. The van der Waals surface area contributed by atoms with Gasteiger partial charge in [-0.25, -0.2) is 9.37 Å². The Bertz CT molecular complexity index is 598. The fraction of sp³-hybridized carbons (Fsp3) is 0.231. The summed E-state index contributed by atoms with van der Waals surface area (Å²) in [6.45, 7) is 2.44. The molecule has 0 spiro atoms. The highest BCUT2D eigenvalue weighted by molar-refractivity contribution is 7.80. The first-order valence-electron chi connectivity index (χ1n) is 5.74. The van der Waals surface area contributed by atoms with E-state index in [2.05, 4.69) is 22.9 Å². The number of thiol groups is 1. The van der Waals surface area contributed by atoms with Gasteiger partial charge in [-0.2, -0.15) is 0 Å². The Labute approximate surface area is 120 Å². The van der Waals surface area contributed by atoms with Crippen LogP contribution in [0.2, 0.25) is 0 Å². The molecule has 0 bridgehead atoms. The Balaban J connectivity index is 1.89. The van der Waals surface area contributed by atoms with Gasteiger partial charge in [0.25, 0.3) is 5.91 Å². The average Bonchev–Trinajstić information content (AvgIpc) is 2.78. The summed E-state index contributed by atoms with van der Waals surface area (Å²) < 4.78 is 13.0. The number of nitrogens with zero attached hydrogens (tertiary/aromatic N) is 1. The van der Waals surface area contributed by atoms with Crippen LogP contribution < -0.4 is 5.32 Å². The zero-order valence-electron chi connectivity index (χ0n) is 10.3. The van der Waals surface area contributed by atoms with Crippen LogP contribution in [0.5, 0.6) is 0 Å². The number of halogens is 1. The van der Waals surface area contributed by atoms with Gasteiger partial charge in [-0.3, -0.25) is 4.79 Å². The highest BCUT2D eigenvalue weighted by Crippen LogP contribution is 2.14. The molecule has 2 rings (SSSR count). The lowest BCUT2D eigenvalue weighted by molar-refractivity contribution is 0.0954. The molecule has 6 heteroatoms. The monoisotopic (exact) mass is 296 g/mol. The minimum Gasteiger partial charge on any atom is -0.352 e. The lowest BCUT2D eigenvalue weighted by Gasteiger charge is -2.05. The van der Waals surface area contributed by atoms with Gasteiger partial charge < -0.3 is 5.32 Å². The molecular weight excluding hydrogens is 283 g/mol. The molecule has 19 heavy (non-hydrogen) atoms. The molecule has 0 aliphatic rings. The van der Waals surface area contributed by atoms with Gasteiger partial charge in [0.2, 0.25) is 0 Å². The van der Waals surface area contributed by atoms with Gasteiger partial charge in [0, 0.05) is 34.5 Å². The summed E-state index contributed by atoms with van der Waals surface area (Å²) in [7, 11) is 0. The number of carbonyl (C=O) groups is 1. The molecule has 0 fully saturated rings. The molecule has 1 heterocycles. The van der Waals surface area contributed by atoms with E-state index >= 15 is 0 Å². The first-order chi connectivity index (χ1) is 9.06. The number of nitrogens with one attached hydrogen (secondary N) is 1. The topological polar surface area (TPSA) is 42.0 Å². The van der Waals surface area contributed by atoms with Crippen LogP contribution >= 0.6 is 24.0 Å². The molecule has 1 aromatic carbocycles. The largest absolute Gasteiger partial charge is 0.352 e. The molecule has 100 valence electrons. The van der Waals surface area contributed by atoms with Crippen LogP contribution in [0.15, 0.2) is 28.5 Å². The number of hydrogen-bond donors (Lipinski definition) is 2. The van der Waals surface area contributed by atoms with Crippen molar-refractivity contribution in [2.45, 2.75) is 18.2 Å². The van der Waals surface area contributed by atoms with E-state index in [1.54, 1.807) is 11.3 Å². The average molecular weight is 296 g/mol. The molecule has 0 saturated heterocycles. The Hall–Kier alpha value is -1.40. The Morgan fingerprint density at radius 2 is 2.32 bits per heavy atom. The van der Waals surface area contributed by atoms with Gasteiger partial charge in [0.05, 0.1) is 5.01 Å². The van der Waals surface area contributed by atoms with Crippen LogP contribution in [0.4, 0.5) is 4.39 Å². The number of aryl methyl sites for hydroxylation is 1. The molecule has 0 saturated carbocycles. The molecule has 2 aromatic rings. The van der Waals surface area contributed by atoms with Crippen molar-refractivity contribution < 1.29 is 9.18 Å². The molecular formula is C13H13FN2OS2. The summed E-state index contributed by atoms with van der Waals surface area (Å²) >= 11 is 5.53. The van der Waals surface area contributed by atoms with Gasteiger partial charge in [-0.1, -0.05) is 0 Å². The molecule has 0 aliphatic heterocycles. The fourth-order valence-corrected chi connectivity index (χ4v) is 2.55. The van der Waals surface area contributed by atoms with Gasteiger partial charge in [-0.15, -0.1) is 24.0 Å². The van der Waals surface area contributed by atoms with Gasteiger partial charge >= 0.3 is 0 Å². The van der Waals surface area contributed by atoms with Crippen molar-refractivity contribution in [2.24, 2.45) is 0 Å². The van der Waals surface area contributed by atoms with Crippen molar-refractivity contribution in [3.8, 4) is 0 Å². The SMILES string of the molecule is Cc1csc(CCNC(=O)c2ccc(F)c(S)c2)n1. The Morgan fingerprint density at radius 1 is 1.53 bits per heavy atom. The summed E-state index contributed by atoms with van der Waals surface area (Å²) in [5.74, 6) is -0.665. The predicted octanol–water partition coefficient (Wildman–Crippen LogP) is 2.85. The van der Waals surface area contributed by atoms with E-state index in [4.69, 9.17) is 0 Å². The third kappa shape index (κ3) is 3.78. The van der Waals surface area contributed by atoms with Crippen molar-refractivity contribution >= 4 is 29.9 Å². The standard InChI is InChI=1S/C13H13FN2OS2/c1-8-7-19-12(16-8)4-5-15-13(17)9-2-3-10(14)11(18)6-9/h2-3,6-7,18H,4-5H2,1H3,(H,15,17). The first kappa shape index (κ1) is 14.0. The Kier molecular flexibility index (Phi) is 4.55. The van der Waals surface area contributed by atoms with E-state index in [-0.39, 0.29) is 10.8 Å². The summed E-state index contributed by atoms with van der Waals surface area (Å²) in [5.41, 5.74) is 1.39. The second-order valence-corrected chi connectivity index (χ2v) is 5.48. The highest BCUT2D eigenvalue weighted by atomic mass is 32.1. The summed E-state index contributed by atoms with van der Waals surface area (Å²) in [4.78, 5) is 16.3. The molecule has 0 aliphatic carbocycles. The molecule has 0 unspecified atom stereocenters. The maximum Gasteiger partial charge on any atom is 0.251 e.